The van der Waals surface area contributed by atoms with Gasteiger partial charge in [0.05, 0.1) is 36.7 Å². The van der Waals surface area contributed by atoms with Gasteiger partial charge in [-0.3, -0.25) is 9.88 Å². The summed E-state index contributed by atoms with van der Waals surface area (Å²) >= 11 is 0. The third kappa shape index (κ3) is 3.15. The van der Waals surface area contributed by atoms with Gasteiger partial charge in [-0.25, -0.2) is 13.9 Å². The number of amides is 1. The number of halogens is 1. The summed E-state index contributed by atoms with van der Waals surface area (Å²) in [5, 5.41) is 17.5. The Labute approximate surface area is 195 Å². The first-order valence-electron chi connectivity index (χ1n) is 11.2. The molecule has 10 heteroatoms. The van der Waals surface area contributed by atoms with E-state index in [2.05, 4.69) is 33.3 Å². The number of carbonyl (C=O) groups is 1. The summed E-state index contributed by atoms with van der Waals surface area (Å²) in [4.78, 5) is 20.6. The Morgan fingerprint density at radius 2 is 2.06 bits per heavy atom. The van der Waals surface area contributed by atoms with Crippen LogP contribution in [0.25, 0.3) is 11.1 Å². The molecule has 0 spiro atoms. The van der Waals surface area contributed by atoms with Gasteiger partial charge in [-0.05, 0) is 31.3 Å². The van der Waals surface area contributed by atoms with Crippen LogP contribution in [0.4, 0.5) is 14.9 Å². The molecule has 0 radical (unpaired) electrons. The molecule has 4 heterocycles. The van der Waals surface area contributed by atoms with E-state index >= 15 is 4.39 Å². The molecule has 2 saturated heterocycles. The Bertz CT molecular complexity index is 1280. The SMILES string of the molecule is CN1C[C@@H]2[C@H](C1)C2(C#N)c1ccc(-c2ccc(N3C[C@H](Cn4ccnn4)OC3=O)cc2F)cn1. The molecule has 9 nitrogen and oxygen atoms in total. The number of pyridine rings is 1. The number of hydrogen-bond acceptors (Lipinski definition) is 7. The lowest BCUT2D eigenvalue weighted by atomic mass is 9.95. The zero-order valence-corrected chi connectivity index (χ0v) is 18.5. The average Bonchev–Trinajstić information content (AvgIpc) is 3.31. The Hall–Kier alpha value is -3.84. The molecular weight excluding hydrogens is 437 g/mol. The highest BCUT2D eigenvalue weighted by molar-refractivity contribution is 5.90. The molecule has 0 bridgehead atoms. The van der Waals surface area contributed by atoms with E-state index in [0.29, 0.717) is 41.7 Å². The van der Waals surface area contributed by atoms with Crippen LogP contribution in [-0.4, -0.2) is 63.8 Å². The number of nitriles is 1. The fourth-order valence-corrected chi connectivity index (χ4v) is 5.50. The second-order valence-electron chi connectivity index (χ2n) is 9.25. The third-order valence-electron chi connectivity index (χ3n) is 7.25. The molecule has 3 aliphatic rings. The standard InChI is InChI=1S/C24H22FN7O2/c1-30-12-19-20(13-30)24(19,14-26)22-5-2-15(9-27-22)18-4-3-16(8-21(18)25)32-11-17(34-23(32)33)10-31-7-6-28-29-31/h2-9,17,19-20H,10-13H2,1H3/t17-,19-,20+,24?/m0/s1. The highest BCUT2D eigenvalue weighted by Gasteiger charge is 2.70. The lowest BCUT2D eigenvalue weighted by molar-refractivity contribution is 0.129. The van der Waals surface area contributed by atoms with Crippen molar-refractivity contribution >= 4 is 11.8 Å². The maximum absolute atomic E-state index is 15.1. The monoisotopic (exact) mass is 459 g/mol. The van der Waals surface area contributed by atoms with Crippen molar-refractivity contribution < 1.29 is 13.9 Å². The summed E-state index contributed by atoms with van der Waals surface area (Å²) in [6.07, 6.45) is 3.95. The first kappa shape index (κ1) is 20.7. The average molecular weight is 459 g/mol. The third-order valence-corrected chi connectivity index (χ3v) is 7.25. The number of cyclic esters (lactones) is 1. The minimum Gasteiger partial charge on any atom is -0.442 e. The summed E-state index contributed by atoms with van der Waals surface area (Å²) in [6, 6.07) is 10.8. The number of rotatable bonds is 5. The lowest BCUT2D eigenvalue weighted by Gasteiger charge is -2.18. The molecule has 1 unspecified atom stereocenters. The van der Waals surface area contributed by atoms with Gasteiger partial charge in [0, 0.05) is 48.4 Å². The van der Waals surface area contributed by atoms with Crippen molar-refractivity contribution in [2.45, 2.75) is 18.1 Å². The summed E-state index contributed by atoms with van der Waals surface area (Å²) in [6.45, 7) is 2.47. The fraction of sp³-hybridized carbons (Fsp3) is 0.375. The summed E-state index contributed by atoms with van der Waals surface area (Å²) in [7, 11) is 2.07. The van der Waals surface area contributed by atoms with Gasteiger partial charge in [-0.2, -0.15) is 5.26 Å². The number of aromatic nitrogens is 4. The molecule has 172 valence electrons. The normalized spacial score (nSPS) is 28.0. The van der Waals surface area contributed by atoms with E-state index in [1.165, 1.54) is 11.0 Å². The van der Waals surface area contributed by atoms with Gasteiger partial charge < -0.3 is 9.64 Å². The van der Waals surface area contributed by atoms with Gasteiger partial charge in [0.15, 0.2) is 0 Å². The largest absolute Gasteiger partial charge is 0.442 e. The molecule has 3 aromatic rings. The predicted molar refractivity (Wildman–Crippen MR) is 119 cm³/mol. The van der Waals surface area contributed by atoms with Crippen LogP contribution >= 0.6 is 0 Å². The van der Waals surface area contributed by atoms with Gasteiger partial charge >= 0.3 is 6.09 Å². The van der Waals surface area contributed by atoms with E-state index in [9.17, 15) is 10.1 Å². The van der Waals surface area contributed by atoms with Crippen molar-refractivity contribution in [2.75, 3.05) is 31.6 Å². The van der Waals surface area contributed by atoms with Crippen molar-refractivity contribution in [3.8, 4) is 17.2 Å². The molecule has 2 aliphatic heterocycles. The van der Waals surface area contributed by atoms with E-state index in [1.807, 2.05) is 12.1 Å². The van der Waals surface area contributed by atoms with Gasteiger partial charge in [-0.15, -0.1) is 5.10 Å². The lowest BCUT2D eigenvalue weighted by Crippen LogP contribution is -2.27. The molecule has 34 heavy (non-hydrogen) atoms. The van der Waals surface area contributed by atoms with Gasteiger partial charge in [-0.1, -0.05) is 11.3 Å². The van der Waals surface area contributed by atoms with Gasteiger partial charge in [0.25, 0.3) is 0 Å². The maximum Gasteiger partial charge on any atom is 0.414 e. The molecule has 1 aromatic carbocycles. The highest BCUT2D eigenvalue weighted by atomic mass is 19.1. The number of benzene rings is 1. The van der Waals surface area contributed by atoms with Gasteiger partial charge in [0.2, 0.25) is 0 Å². The number of fused-ring (bicyclic) bond motifs is 1. The van der Waals surface area contributed by atoms with E-state index in [1.54, 1.807) is 35.4 Å². The number of hydrogen-bond donors (Lipinski definition) is 0. The van der Waals surface area contributed by atoms with E-state index < -0.39 is 23.4 Å². The first-order valence-corrected chi connectivity index (χ1v) is 11.2. The molecule has 1 aliphatic carbocycles. The van der Waals surface area contributed by atoms with E-state index in [0.717, 1.165) is 18.8 Å². The van der Waals surface area contributed by atoms with Crippen LogP contribution in [0.1, 0.15) is 5.69 Å². The Morgan fingerprint density at radius 3 is 2.71 bits per heavy atom. The van der Waals surface area contributed by atoms with Crippen molar-refractivity contribution in [2.24, 2.45) is 11.8 Å². The summed E-state index contributed by atoms with van der Waals surface area (Å²) < 4.78 is 22.1. The molecule has 6 rings (SSSR count). The van der Waals surface area contributed by atoms with Crippen molar-refractivity contribution in [1.29, 1.82) is 5.26 Å². The van der Waals surface area contributed by atoms with Crippen molar-refractivity contribution in [3.05, 3.63) is 60.4 Å². The number of piperidine rings is 1. The second kappa shape index (κ2) is 7.60. The second-order valence-corrected chi connectivity index (χ2v) is 9.25. The van der Waals surface area contributed by atoms with Crippen LogP contribution < -0.4 is 4.90 Å². The molecule has 2 aromatic heterocycles. The number of carbonyl (C=O) groups excluding carboxylic acids is 1. The topological polar surface area (TPSA) is 100 Å². The Morgan fingerprint density at radius 1 is 1.24 bits per heavy atom. The smallest absolute Gasteiger partial charge is 0.414 e. The number of likely N-dealkylation sites (tertiary alicyclic amines) is 1. The van der Waals surface area contributed by atoms with Crippen LogP contribution in [0.2, 0.25) is 0 Å². The van der Waals surface area contributed by atoms with Crippen LogP contribution in [0.15, 0.2) is 48.9 Å². The highest BCUT2D eigenvalue weighted by Crippen LogP contribution is 2.62. The number of ether oxygens (including phenoxy) is 1. The molecule has 4 atom stereocenters. The molecule has 3 fully saturated rings. The van der Waals surface area contributed by atoms with Crippen molar-refractivity contribution in [1.82, 2.24) is 24.9 Å². The van der Waals surface area contributed by atoms with Gasteiger partial charge in [0.1, 0.15) is 17.3 Å². The summed E-state index contributed by atoms with van der Waals surface area (Å²) in [5.74, 6) is 0.162. The molecule has 0 N–H and O–H groups in total. The first-order chi connectivity index (χ1) is 16.5. The summed E-state index contributed by atoms with van der Waals surface area (Å²) in [5.41, 5.74) is 1.67. The maximum atomic E-state index is 15.1. The van der Waals surface area contributed by atoms with Crippen LogP contribution in [0, 0.1) is 29.0 Å². The van der Waals surface area contributed by atoms with Crippen molar-refractivity contribution in [3.63, 3.8) is 0 Å². The van der Waals surface area contributed by atoms with Crippen LogP contribution in [0.5, 0.6) is 0 Å². The van der Waals surface area contributed by atoms with E-state index in [-0.39, 0.29) is 0 Å². The van der Waals surface area contributed by atoms with E-state index in [4.69, 9.17) is 4.74 Å². The molecule has 1 saturated carbocycles. The Kier molecular flexibility index (Phi) is 4.64. The Balaban J connectivity index is 1.19. The quantitative estimate of drug-likeness (QED) is 0.578. The minimum absolute atomic E-state index is 0.293. The molecule has 1 amide bonds. The fourth-order valence-electron chi connectivity index (χ4n) is 5.50. The van der Waals surface area contributed by atoms with Crippen LogP contribution in [0.3, 0.4) is 0 Å². The zero-order chi connectivity index (χ0) is 23.4. The number of nitrogens with zero attached hydrogens (tertiary/aromatic N) is 7. The minimum atomic E-state index is -0.522. The molecular formula is C24H22FN7O2. The zero-order valence-electron chi connectivity index (χ0n) is 18.5. The number of anilines is 1. The predicted octanol–water partition coefficient (Wildman–Crippen LogP) is 2.46. The van der Waals surface area contributed by atoms with Crippen LogP contribution in [-0.2, 0) is 16.7 Å².